The predicted octanol–water partition coefficient (Wildman–Crippen LogP) is 1.31. The highest BCUT2D eigenvalue weighted by Crippen LogP contribution is 2.04. The number of nitrogens with one attached hydrogen (secondary N) is 1. The molecule has 0 spiro atoms. The van der Waals surface area contributed by atoms with Crippen LogP contribution >= 0.6 is 0 Å². The van der Waals surface area contributed by atoms with Crippen LogP contribution in [0.1, 0.15) is 38.9 Å². The summed E-state index contributed by atoms with van der Waals surface area (Å²) in [6.45, 7) is 7.44. The van der Waals surface area contributed by atoms with Crippen LogP contribution in [0.3, 0.4) is 0 Å². The first-order valence-electron chi connectivity index (χ1n) is 6.29. The first-order chi connectivity index (χ1) is 8.61. The molecular formula is C12H21N3O3. The molecule has 0 aliphatic rings. The molecule has 18 heavy (non-hydrogen) atoms. The minimum absolute atomic E-state index is 0.198. The van der Waals surface area contributed by atoms with Crippen molar-refractivity contribution in [2.24, 2.45) is 5.92 Å². The fraction of sp³-hybridized carbons (Fsp3) is 0.750. The van der Waals surface area contributed by atoms with E-state index >= 15 is 0 Å². The number of carbonyl (C=O) groups is 1. The smallest absolute Gasteiger partial charge is 0.307 e. The van der Waals surface area contributed by atoms with Gasteiger partial charge in [-0.25, -0.2) is 0 Å². The van der Waals surface area contributed by atoms with Crippen molar-refractivity contribution in [2.45, 2.75) is 40.2 Å². The minimum atomic E-state index is -0.198. The molecule has 0 saturated carbocycles. The molecule has 0 aliphatic heterocycles. The molecule has 1 rings (SSSR count). The summed E-state index contributed by atoms with van der Waals surface area (Å²) in [5.74, 6) is 1.59. The monoisotopic (exact) mass is 255 g/mol. The Morgan fingerprint density at radius 2 is 2.28 bits per heavy atom. The van der Waals surface area contributed by atoms with Gasteiger partial charge in [-0.05, 0) is 12.8 Å². The third-order valence-corrected chi connectivity index (χ3v) is 2.19. The van der Waals surface area contributed by atoms with Crippen LogP contribution in [-0.4, -0.2) is 29.3 Å². The van der Waals surface area contributed by atoms with E-state index in [9.17, 15) is 4.79 Å². The lowest BCUT2D eigenvalue weighted by Gasteiger charge is -2.01. The second kappa shape index (κ2) is 7.81. The highest BCUT2D eigenvalue weighted by molar-refractivity contribution is 5.69. The van der Waals surface area contributed by atoms with Gasteiger partial charge in [0.1, 0.15) is 0 Å². The summed E-state index contributed by atoms with van der Waals surface area (Å²) >= 11 is 0. The van der Waals surface area contributed by atoms with Crippen LogP contribution in [0.5, 0.6) is 0 Å². The lowest BCUT2D eigenvalue weighted by atomic mass is 10.1. The molecule has 0 fully saturated rings. The molecule has 1 heterocycles. The molecule has 0 aliphatic carbocycles. The summed E-state index contributed by atoms with van der Waals surface area (Å²) in [5.41, 5.74) is 0. The van der Waals surface area contributed by atoms with E-state index in [1.54, 1.807) is 6.92 Å². The van der Waals surface area contributed by atoms with Crippen LogP contribution in [0.2, 0.25) is 0 Å². The lowest BCUT2D eigenvalue weighted by molar-refractivity contribution is -0.142. The van der Waals surface area contributed by atoms with Crippen molar-refractivity contribution < 1.29 is 14.1 Å². The van der Waals surface area contributed by atoms with Crippen molar-refractivity contribution in [1.82, 2.24) is 15.5 Å². The van der Waals surface area contributed by atoms with E-state index in [0.717, 1.165) is 12.2 Å². The summed E-state index contributed by atoms with van der Waals surface area (Å²) in [5, 5.41) is 6.94. The van der Waals surface area contributed by atoms with Crippen molar-refractivity contribution in [3.63, 3.8) is 0 Å². The van der Waals surface area contributed by atoms with Crippen LogP contribution in [0.15, 0.2) is 4.52 Å². The van der Waals surface area contributed by atoms with Crippen LogP contribution in [0.4, 0.5) is 0 Å². The van der Waals surface area contributed by atoms with Gasteiger partial charge in [0.15, 0.2) is 5.82 Å². The largest absolute Gasteiger partial charge is 0.466 e. The molecule has 0 aromatic carbocycles. The van der Waals surface area contributed by atoms with Crippen LogP contribution < -0.4 is 5.32 Å². The lowest BCUT2D eigenvalue weighted by Crippen LogP contribution is -2.19. The summed E-state index contributed by atoms with van der Waals surface area (Å²) < 4.78 is 9.89. The zero-order valence-corrected chi connectivity index (χ0v) is 11.2. The van der Waals surface area contributed by atoms with Crippen LogP contribution in [-0.2, 0) is 22.5 Å². The summed E-state index contributed by atoms with van der Waals surface area (Å²) in [7, 11) is 0. The van der Waals surface area contributed by atoms with E-state index in [1.807, 2.05) is 0 Å². The standard InChI is InChI=1S/C12H21N3O3/c1-4-17-12(16)5-6-13-8-11-14-10(15-18-11)7-9(2)3/h9,13H,4-8H2,1-3H3. The van der Waals surface area contributed by atoms with E-state index in [0.29, 0.717) is 37.9 Å². The molecule has 0 atom stereocenters. The number of hydrogen-bond donors (Lipinski definition) is 1. The fourth-order valence-corrected chi connectivity index (χ4v) is 1.43. The minimum Gasteiger partial charge on any atom is -0.466 e. The van der Waals surface area contributed by atoms with E-state index < -0.39 is 0 Å². The Bertz CT molecular complexity index is 363. The number of rotatable bonds is 8. The van der Waals surface area contributed by atoms with Gasteiger partial charge in [-0.2, -0.15) is 4.98 Å². The zero-order chi connectivity index (χ0) is 13.4. The third-order valence-electron chi connectivity index (χ3n) is 2.19. The average Bonchev–Trinajstić information content (AvgIpc) is 2.71. The fourth-order valence-electron chi connectivity index (χ4n) is 1.43. The third kappa shape index (κ3) is 5.77. The van der Waals surface area contributed by atoms with Crippen molar-refractivity contribution in [3.05, 3.63) is 11.7 Å². The predicted molar refractivity (Wildman–Crippen MR) is 65.8 cm³/mol. The molecule has 0 unspecified atom stereocenters. The average molecular weight is 255 g/mol. The van der Waals surface area contributed by atoms with Gasteiger partial charge < -0.3 is 14.6 Å². The molecule has 6 nitrogen and oxygen atoms in total. The van der Waals surface area contributed by atoms with E-state index in [-0.39, 0.29) is 5.97 Å². The molecule has 0 amide bonds. The van der Waals surface area contributed by atoms with Crippen molar-refractivity contribution >= 4 is 5.97 Å². The van der Waals surface area contributed by atoms with Crippen LogP contribution in [0.25, 0.3) is 0 Å². The first-order valence-corrected chi connectivity index (χ1v) is 6.29. The molecular weight excluding hydrogens is 234 g/mol. The number of ether oxygens (including phenoxy) is 1. The second-order valence-corrected chi connectivity index (χ2v) is 4.43. The molecule has 0 saturated heterocycles. The van der Waals surface area contributed by atoms with E-state index in [4.69, 9.17) is 9.26 Å². The normalized spacial score (nSPS) is 10.9. The van der Waals surface area contributed by atoms with Gasteiger partial charge in [0, 0.05) is 13.0 Å². The molecule has 6 heteroatoms. The SMILES string of the molecule is CCOC(=O)CCNCc1nc(CC(C)C)no1. The van der Waals surface area contributed by atoms with Crippen molar-refractivity contribution in [2.75, 3.05) is 13.2 Å². The Kier molecular flexibility index (Phi) is 6.35. The highest BCUT2D eigenvalue weighted by Gasteiger charge is 2.08. The topological polar surface area (TPSA) is 77.2 Å². The van der Waals surface area contributed by atoms with Crippen LogP contribution in [0, 0.1) is 5.92 Å². The molecule has 102 valence electrons. The Balaban J connectivity index is 2.19. The van der Waals surface area contributed by atoms with E-state index in [1.165, 1.54) is 0 Å². The number of hydrogen-bond acceptors (Lipinski definition) is 6. The summed E-state index contributed by atoms with van der Waals surface area (Å²) in [6.07, 6.45) is 1.16. The Morgan fingerprint density at radius 3 is 2.94 bits per heavy atom. The molecule has 1 aromatic heterocycles. The molecule has 0 bridgehead atoms. The Hall–Kier alpha value is -1.43. The van der Waals surface area contributed by atoms with Crippen molar-refractivity contribution in [3.8, 4) is 0 Å². The van der Waals surface area contributed by atoms with Gasteiger partial charge >= 0.3 is 5.97 Å². The van der Waals surface area contributed by atoms with Gasteiger partial charge in [0.2, 0.25) is 5.89 Å². The number of esters is 1. The van der Waals surface area contributed by atoms with E-state index in [2.05, 4.69) is 29.3 Å². The first kappa shape index (κ1) is 14.6. The summed E-state index contributed by atoms with van der Waals surface area (Å²) in [4.78, 5) is 15.3. The van der Waals surface area contributed by atoms with Crippen molar-refractivity contribution in [1.29, 1.82) is 0 Å². The van der Waals surface area contributed by atoms with Gasteiger partial charge in [-0.3, -0.25) is 4.79 Å². The number of nitrogens with zero attached hydrogens (tertiary/aromatic N) is 2. The van der Waals surface area contributed by atoms with Gasteiger partial charge in [0.25, 0.3) is 0 Å². The quantitative estimate of drug-likeness (QED) is 0.557. The maximum absolute atomic E-state index is 11.1. The maximum Gasteiger partial charge on any atom is 0.307 e. The number of carbonyl (C=O) groups excluding carboxylic acids is 1. The molecule has 1 aromatic rings. The van der Waals surface area contributed by atoms with Gasteiger partial charge in [0.05, 0.1) is 19.6 Å². The summed E-state index contributed by atoms with van der Waals surface area (Å²) in [6, 6.07) is 0. The molecule has 1 N–H and O–H groups in total. The van der Waals surface area contributed by atoms with Gasteiger partial charge in [-0.1, -0.05) is 19.0 Å². The van der Waals surface area contributed by atoms with Gasteiger partial charge in [-0.15, -0.1) is 0 Å². The Morgan fingerprint density at radius 1 is 1.50 bits per heavy atom. The zero-order valence-electron chi connectivity index (χ0n) is 11.2. The number of aromatic nitrogens is 2. The maximum atomic E-state index is 11.1. The Labute approximate surface area is 107 Å². The molecule has 0 radical (unpaired) electrons. The highest BCUT2D eigenvalue weighted by atomic mass is 16.5. The second-order valence-electron chi connectivity index (χ2n) is 4.43.